The van der Waals surface area contributed by atoms with E-state index in [2.05, 4.69) is 10.2 Å². The number of nitrogens with one attached hydrogen (secondary N) is 1. The van der Waals surface area contributed by atoms with Gasteiger partial charge in [-0.25, -0.2) is 0 Å². The molecule has 4 nitrogen and oxygen atoms in total. The Hall–Kier alpha value is -1.62. The minimum absolute atomic E-state index is 0.0190. The van der Waals surface area contributed by atoms with Crippen molar-refractivity contribution in [3.8, 4) is 5.75 Å². The van der Waals surface area contributed by atoms with E-state index < -0.39 is 0 Å². The Kier molecular flexibility index (Phi) is 2.70. The number of benzene rings is 1. The molecule has 1 aromatic rings. The van der Waals surface area contributed by atoms with E-state index in [1.165, 1.54) is 0 Å². The van der Waals surface area contributed by atoms with Crippen LogP contribution in [0.2, 0.25) is 0 Å². The number of carbonyl (C=O) groups is 1. The van der Waals surface area contributed by atoms with Crippen molar-refractivity contribution in [3.05, 3.63) is 28.8 Å². The van der Waals surface area contributed by atoms with Crippen LogP contribution in [0.3, 0.4) is 0 Å². The highest BCUT2D eigenvalue weighted by atomic mass is 32.2. The van der Waals surface area contributed by atoms with Gasteiger partial charge in [-0.2, -0.15) is 0 Å². The van der Waals surface area contributed by atoms with Gasteiger partial charge in [0.05, 0.1) is 17.7 Å². The van der Waals surface area contributed by atoms with Crippen LogP contribution >= 0.6 is 11.8 Å². The fourth-order valence-electron chi connectivity index (χ4n) is 2.13. The average Bonchev–Trinajstić information content (AvgIpc) is 3.15. The summed E-state index contributed by atoms with van der Waals surface area (Å²) in [5, 5.41) is 3.96. The fraction of sp³-hybridized carbons (Fsp3) is 0.308. The van der Waals surface area contributed by atoms with Gasteiger partial charge in [-0.1, -0.05) is 0 Å². The predicted molar refractivity (Wildman–Crippen MR) is 73.6 cm³/mol. The molecule has 0 aliphatic carbocycles. The zero-order chi connectivity index (χ0) is 12.7. The van der Waals surface area contributed by atoms with E-state index in [4.69, 9.17) is 4.74 Å². The Labute approximate surface area is 110 Å². The van der Waals surface area contributed by atoms with Crippen LogP contribution < -0.4 is 10.1 Å². The predicted octanol–water partition coefficient (Wildman–Crippen LogP) is 1.99. The summed E-state index contributed by atoms with van der Waals surface area (Å²) in [5.74, 6) is 0.753. The molecule has 2 aliphatic rings. The van der Waals surface area contributed by atoms with E-state index in [1.54, 1.807) is 18.9 Å². The molecular weight excluding hydrogens is 248 g/mol. The summed E-state index contributed by atoms with van der Waals surface area (Å²) in [6, 6.07) is 5.67. The fourth-order valence-corrected chi connectivity index (χ4v) is 2.98. The highest BCUT2D eigenvalue weighted by molar-refractivity contribution is 8.02. The molecule has 18 heavy (non-hydrogen) atoms. The summed E-state index contributed by atoms with van der Waals surface area (Å²) in [7, 11) is 1.63. The first-order valence-corrected chi connectivity index (χ1v) is 7.00. The molecule has 0 bridgehead atoms. The Morgan fingerprint density at radius 2 is 2.22 bits per heavy atom. The Balaban J connectivity index is 2.15. The number of nitrogens with zero attached hydrogens (tertiary/aromatic N) is 1. The lowest BCUT2D eigenvalue weighted by molar-refractivity contribution is -0.110. The van der Waals surface area contributed by atoms with E-state index in [0.717, 1.165) is 40.7 Å². The number of methoxy groups -OCH3 is 1. The van der Waals surface area contributed by atoms with Crippen molar-refractivity contribution in [2.45, 2.75) is 0 Å². The summed E-state index contributed by atoms with van der Waals surface area (Å²) in [5.41, 5.74) is 2.58. The van der Waals surface area contributed by atoms with Gasteiger partial charge < -0.3 is 15.0 Å². The lowest BCUT2D eigenvalue weighted by Gasteiger charge is -2.09. The van der Waals surface area contributed by atoms with Crippen LogP contribution in [0.25, 0.3) is 5.57 Å². The van der Waals surface area contributed by atoms with Gasteiger partial charge in [0, 0.05) is 24.3 Å². The Morgan fingerprint density at radius 3 is 2.83 bits per heavy atom. The molecule has 1 N–H and O–H groups in total. The number of hydrogen-bond donors (Lipinski definition) is 1. The summed E-state index contributed by atoms with van der Waals surface area (Å²) in [4.78, 5) is 14.3. The van der Waals surface area contributed by atoms with Crippen LogP contribution in [0.4, 0.5) is 5.69 Å². The molecule has 1 fully saturated rings. The van der Waals surface area contributed by atoms with Gasteiger partial charge >= 0.3 is 0 Å². The van der Waals surface area contributed by atoms with Gasteiger partial charge in [0.15, 0.2) is 0 Å². The third kappa shape index (κ3) is 1.75. The number of thioether (sulfide) groups is 1. The second-order valence-corrected chi connectivity index (χ2v) is 5.03. The SMILES string of the molecule is COc1ccc2c(c1)/C(=C(/SC)N1CC1)C(=O)N2. The maximum atomic E-state index is 12.1. The van der Waals surface area contributed by atoms with Crippen molar-refractivity contribution in [1.29, 1.82) is 0 Å². The van der Waals surface area contributed by atoms with Crippen LogP contribution in [0.15, 0.2) is 23.2 Å². The molecule has 5 heteroatoms. The van der Waals surface area contributed by atoms with E-state index in [0.29, 0.717) is 0 Å². The molecule has 2 heterocycles. The minimum Gasteiger partial charge on any atom is -0.497 e. The maximum absolute atomic E-state index is 12.1. The number of ether oxygens (including phenoxy) is 1. The summed E-state index contributed by atoms with van der Waals surface area (Å²) in [6.07, 6.45) is 2.01. The van der Waals surface area contributed by atoms with Crippen molar-refractivity contribution >= 4 is 28.9 Å². The zero-order valence-corrected chi connectivity index (χ0v) is 11.1. The maximum Gasteiger partial charge on any atom is 0.259 e. The van der Waals surface area contributed by atoms with Crippen molar-refractivity contribution in [2.24, 2.45) is 0 Å². The quantitative estimate of drug-likeness (QED) is 0.668. The topological polar surface area (TPSA) is 41.3 Å². The molecule has 0 unspecified atom stereocenters. The molecule has 0 spiro atoms. The van der Waals surface area contributed by atoms with Crippen molar-refractivity contribution in [1.82, 2.24) is 4.90 Å². The number of hydrogen-bond acceptors (Lipinski definition) is 4. The molecule has 1 aromatic carbocycles. The van der Waals surface area contributed by atoms with Crippen LogP contribution in [0, 0.1) is 0 Å². The third-order valence-corrected chi connectivity index (χ3v) is 3.96. The van der Waals surface area contributed by atoms with Crippen molar-refractivity contribution in [3.63, 3.8) is 0 Å². The van der Waals surface area contributed by atoms with E-state index in [-0.39, 0.29) is 5.91 Å². The lowest BCUT2D eigenvalue weighted by Crippen LogP contribution is -2.08. The molecule has 3 rings (SSSR count). The number of rotatable bonds is 3. The second-order valence-electron chi connectivity index (χ2n) is 4.24. The summed E-state index contributed by atoms with van der Waals surface area (Å²) in [6.45, 7) is 2.07. The first-order valence-electron chi connectivity index (χ1n) is 5.77. The minimum atomic E-state index is -0.0190. The van der Waals surface area contributed by atoms with Gasteiger partial charge in [-0.05, 0) is 24.5 Å². The van der Waals surface area contributed by atoms with Crippen LogP contribution in [-0.2, 0) is 4.79 Å². The van der Waals surface area contributed by atoms with E-state index >= 15 is 0 Å². The monoisotopic (exact) mass is 262 g/mol. The second kappa shape index (κ2) is 4.24. The van der Waals surface area contributed by atoms with Gasteiger partial charge in [0.2, 0.25) is 0 Å². The molecule has 0 radical (unpaired) electrons. The molecule has 1 saturated heterocycles. The first kappa shape index (κ1) is 11.5. The smallest absolute Gasteiger partial charge is 0.259 e. The summed E-state index contributed by atoms with van der Waals surface area (Å²) >= 11 is 1.62. The molecule has 1 amide bonds. The van der Waals surface area contributed by atoms with Gasteiger partial charge in [0.1, 0.15) is 5.75 Å². The normalized spacial score (nSPS) is 19.4. The Bertz CT molecular complexity index is 550. The molecule has 2 aliphatic heterocycles. The highest BCUT2D eigenvalue weighted by Gasteiger charge is 2.32. The van der Waals surface area contributed by atoms with Gasteiger partial charge in [-0.15, -0.1) is 11.8 Å². The zero-order valence-electron chi connectivity index (χ0n) is 10.3. The molecule has 0 aromatic heterocycles. The number of anilines is 1. The first-order chi connectivity index (χ1) is 8.74. The van der Waals surface area contributed by atoms with E-state index in [9.17, 15) is 4.79 Å². The Morgan fingerprint density at radius 1 is 1.44 bits per heavy atom. The van der Waals surface area contributed by atoms with Crippen LogP contribution in [0.5, 0.6) is 5.75 Å². The molecule has 94 valence electrons. The highest BCUT2D eigenvalue weighted by Crippen LogP contribution is 2.41. The van der Waals surface area contributed by atoms with Crippen LogP contribution in [0.1, 0.15) is 5.56 Å². The molecule has 0 atom stereocenters. The third-order valence-electron chi connectivity index (χ3n) is 3.11. The van der Waals surface area contributed by atoms with Gasteiger partial charge in [0.25, 0.3) is 5.91 Å². The van der Waals surface area contributed by atoms with E-state index in [1.807, 2.05) is 24.5 Å². The van der Waals surface area contributed by atoms with Crippen molar-refractivity contribution in [2.75, 3.05) is 31.8 Å². The largest absolute Gasteiger partial charge is 0.497 e. The standard InChI is InChI=1S/C13H14N2O2S/c1-17-8-3-4-10-9(7-8)11(12(16)14-10)13(18-2)15-5-6-15/h3-4,7H,5-6H2,1-2H3,(H,14,16)/b13-11-. The molecule has 0 saturated carbocycles. The summed E-state index contributed by atoms with van der Waals surface area (Å²) < 4.78 is 5.23. The van der Waals surface area contributed by atoms with Crippen LogP contribution in [-0.4, -0.2) is 37.3 Å². The number of amides is 1. The number of fused-ring (bicyclic) bond motifs is 1. The van der Waals surface area contributed by atoms with Crippen molar-refractivity contribution < 1.29 is 9.53 Å². The van der Waals surface area contributed by atoms with Gasteiger partial charge in [-0.3, -0.25) is 4.79 Å². The molecular formula is C13H14N2O2S. The average molecular weight is 262 g/mol. The number of carbonyl (C=O) groups excluding carboxylic acids is 1. The lowest BCUT2D eigenvalue weighted by atomic mass is 10.1.